The molecule has 140 valence electrons. The molecule has 0 radical (unpaired) electrons. The van der Waals surface area contributed by atoms with Crippen LogP contribution in [0.4, 0.5) is 0 Å². The smallest absolute Gasteiger partial charge is 0.174 e. The van der Waals surface area contributed by atoms with Crippen molar-refractivity contribution in [2.24, 2.45) is 5.92 Å². The average molecular weight is 391 g/mol. The number of aryl methyl sites for hydroxylation is 1. The van der Waals surface area contributed by atoms with E-state index in [9.17, 15) is 9.59 Å². The van der Waals surface area contributed by atoms with Crippen LogP contribution in [-0.4, -0.2) is 11.6 Å². The lowest BCUT2D eigenvalue weighted by Gasteiger charge is -2.32. The standard InChI is InChI=1S/C24H19ClO3/c1-14-7-9-16(10-8-14)24(27)22(15(2)26)23-18-5-3-4-6-20(18)28-21-12-11-17(25)13-19(21)23/h3-13,22-23H,1-2H3/t22-,23+/m1/s1. The van der Waals surface area contributed by atoms with Crippen LogP contribution in [-0.2, 0) is 4.79 Å². The Morgan fingerprint density at radius 1 is 0.929 bits per heavy atom. The van der Waals surface area contributed by atoms with Crippen molar-refractivity contribution in [3.63, 3.8) is 0 Å². The molecule has 1 aliphatic rings. The monoisotopic (exact) mass is 390 g/mol. The number of fused-ring (bicyclic) bond motifs is 2. The summed E-state index contributed by atoms with van der Waals surface area (Å²) in [5.74, 6) is -0.408. The third-order valence-electron chi connectivity index (χ3n) is 5.17. The lowest BCUT2D eigenvalue weighted by atomic mass is 9.74. The van der Waals surface area contributed by atoms with Crippen LogP contribution in [0.1, 0.15) is 39.9 Å². The van der Waals surface area contributed by atoms with E-state index in [0.29, 0.717) is 22.1 Å². The predicted octanol–water partition coefficient (Wildman–Crippen LogP) is 5.97. The first-order chi connectivity index (χ1) is 13.5. The Hall–Kier alpha value is -2.91. The van der Waals surface area contributed by atoms with Crippen LogP contribution >= 0.6 is 11.6 Å². The molecule has 0 N–H and O–H groups in total. The Bertz CT molecular complexity index is 1070. The summed E-state index contributed by atoms with van der Waals surface area (Å²) >= 11 is 6.24. The molecule has 4 rings (SSSR count). The Balaban J connectivity index is 1.89. The molecule has 0 spiro atoms. The molecule has 2 atom stereocenters. The van der Waals surface area contributed by atoms with Crippen molar-refractivity contribution in [1.29, 1.82) is 0 Å². The summed E-state index contributed by atoms with van der Waals surface area (Å²) < 4.78 is 6.01. The number of para-hydroxylation sites is 1. The summed E-state index contributed by atoms with van der Waals surface area (Å²) in [6, 6.07) is 20.2. The van der Waals surface area contributed by atoms with E-state index < -0.39 is 11.8 Å². The third kappa shape index (κ3) is 3.23. The van der Waals surface area contributed by atoms with Crippen molar-refractivity contribution in [3.05, 3.63) is 94.0 Å². The molecule has 3 aromatic carbocycles. The lowest BCUT2D eigenvalue weighted by molar-refractivity contribution is -0.119. The van der Waals surface area contributed by atoms with Gasteiger partial charge in [0.15, 0.2) is 5.78 Å². The molecule has 0 bridgehead atoms. The number of benzene rings is 3. The van der Waals surface area contributed by atoms with Gasteiger partial charge >= 0.3 is 0 Å². The topological polar surface area (TPSA) is 43.4 Å². The highest BCUT2D eigenvalue weighted by Gasteiger charge is 2.40. The second-order valence-corrected chi connectivity index (χ2v) is 7.55. The third-order valence-corrected chi connectivity index (χ3v) is 5.41. The van der Waals surface area contributed by atoms with Crippen LogP contribution in [0.5, 0.6) is 11.5 Å². The van der Waals surface area contributed by atoms with Crippen LogP contribution in [0.15, 0.2) is 66.7 Å². The van der Waals surface area contributed by atoms with Gasteiger partial charge in [-0.15, -0.1) is 0 Å². The van der Waals surface area contributed by atoms with Crippen LogP contribution in [0.25, 0.3) is 0 Å². The highest BCUT2D eigenvalue weighted by atomic mass is 35.5. The lowest BCUT2D eigenvalue weighted by Crippen LogP contribution is -2.31. The van der Waals surface area contributed by atoms with Crippen LogP contribution in [0.3, 0.4) is 0 Å². The maximum atomic E-state index is 13.4. The number of hydrogen-bond acceptors (Lipinski definition) is 3. The van der Waals surface area contributed by atoms with Crippen molar-refractivity contribution >= 4 is 23.2 Å². The SMILES string of the molecule is CC(=O)[C@@H](C(=O)c1ccc(C)cc1)[C@H]1c2ccccc2Oc2ccc(Cl)cc21. The van der Waals surface area contributed by atoms with Gasteiger partial charge in [-0.05, 0) is 38.1 Å². The van der Waals surface area contributed by atoms with E-state index in [1.165, 1.54) is 6.92 Å². The normalized spacial score (nSPS) is 15.8. The number of hydrogen-bond donors (Lipinski definition) is 0. The zero-order chi connectivity index (χ0) is 19.8. The van der Waals surface area contributed by atoms with Gasteiger partial charge in [0, 0.05) is 27.6 Å². The minimum Gasteiger partial charge on any atom is -0.457 e. The molecule has 1 aliphatic heterocycles. The predicted molar refractivity (Wildman–Crippen MR) is 109 cm³/mol. The molecule has 4 heteroatoms. The van der Waals surface area contributed by atoms with Crippen LogP contribution < -0.4 is 4.74 Å². The number of halogens is 1. The molecule has 28 heavy (non-hydrogen) atoms. The number of carbonyl (C=O) groups excluding carboxylic acids is 2. The maximum absolute atomic E-state index is 13.4. The van der Waals surface area contributed by atoms with Gasteiger partial charge in [0.1, 0.15) is 17.3 Å². The first kappa shape index (κ1) is 18.5. The summed E-state index contributed by atoms with van der Waals surface area (Å²) in [4.78, 5) is 26.1. The van der Waals surface area contributed by atoms with Gasteiger partial charge in [-0.2, -0.15) is 0 Å². The second kappa shape index (κ2) is 7.25. The molecule has 3 aromatic rings. The van der Waals surface area contributed by atoms with Gasteiger partial charge in [-0.3, -0.25) is 9.59 Å². The molecule has 0 saturated carbocycles. The van der Waals surface area contributed by atoms with Gasteiger partial charge in [0.2, 0.25) is 0 Å². The Kier molecular flexibility index (Phi) is 4.78. The van der Waals surface area contributed by atoms with E-state index in [1.807, 2.05) is 43.3 Å². The van der Waals surface area contributed by atoms with E-state index >= 15 is 0 Å². The van der Waals surface area contributed by atoms with E-state index in [1.54, 1.807) is 30.3 Å². The molecule has 0 unspecified atom stereocenters. The van der Waals surface area contributed by atoms with Crippen molar-refractivity contribution in [2.75, 3.05) is 0 Å². The molecule has 0 amide bonds. The molecule has 0 fully saturated rings. The first-order valence-corrected chi connectivity index (χ1v) is 9.51. The van der Waals surface area contributed by atoms with Crippen LogP contribution in [0, 0.1) is 12.8 Å². The summed E-state index contributed by atoms with van der Waals surface area (Å²) in [5, 5.41) is 0.539. The van der Waals surface area contributed by atoms with Crippen LogP contribution in [0.2, 0.25) is 5.02 Å². The number of ketones is 2. The quantitative estimate of drug-likeness (QED) is 0.407. The van der Waals surface area contributed by atoms with Gasteiger partial charge in [-0.1, -0.05) is 59.6 Å². The Morgan fingerprint density at radius 2 is 1.61 bits per heavy atom. The summed E-state index contributed by atoms with van der Waals surface area (Å²) in [5.41, 5.74) is 3.16. The second-order valence-electron chi connectivity index (χ2n) is 7.12. The highest BCUT2D eigenvalue weighted by Crippen LogP contribution is 2.49. The number of ether oxygens (including phenoxy) is 1. The first-order valence-electron chi connectivity index (χ1n) is 9.13. The minimum absolute atomic E-state index is 0.182. The van der Waals surface area contributed by atoms with E-state index in [2.05, 4.69) is 0 Å². The van der Waals surface area contributed by atoms with Gasteiger partial charge in [0.05, 0.1) is 5.92 Å². The fraction of sp³-hybridized carbons (Fsp3) is 0.167. The van der Waals surface area contributed by atoms with Gasteiger partial charge < -0.3 is 4.74 Å². The minimum atomic E-state index is -0.857. The largest absolute Gasteiger partial charge is 0.457 e. The van der Waals surface area contributed by atoms with Crippen molar-refractivity contribution < 1.29 is 14.3 Å². The number of carbonyl (C=O) groups is 2. The number of Topliss-reactive ketones (excluding diaryl/α,β-unsaturated/α-hetero) is 2. The molecular weight excluding hydrogens is 372 g/mol. The molecule has 0 aliphatic carbocycles. The van der Waals surface area contributed by atoms with E-state index in [-0.39, 0.29) is 11.6 Å². The van der Waals surface area contributed by atoms with E-state index in [0.717, 1.165) is 16.7 Å². The maximum Gasteiger partial charge on any atom is 0.174 e. The highest BCUT2D eigenvalue weighted by molar-refractivity contribution is 6.30. The van der Waals surface area contributed by atoms with Crippen molar-refractivity contribution in [2.45, 2.75) is 19.8 Å². The van der Waals surface area contributed by atoms with Crippen molar-refractivity contribution in [1.82, 2.24) is 0 Å². The summed E-state index contributed by atoms with van der Waals surface area (Å²) in [7, 11) is 0. The Morgan fingerprint density at radius 3 is 2.32 bits per heavy atom. The molecule has 1 heterocycles. The fourth-order valence-electron chi connectivity index (χ4n) is 3.80. The Labute approximate surface area is 168 Å². The molecular formula is C24H19ClO3. The van der Waals surface area contributed by atoms with Gasteiger partial charge in [-0.25, -0.2) is 0 Å². The van der Waals surface area contributed by atoms with Gasteiger partial charge in [0.25, 0.3) is 0 Å². The molecule has 0 aromatic heterocycles. The molecule has 0 saturated heterocycles. The average Bonchev–Trinajstić information content (AvgIpc) is 2.68. The van der Waals surface area contributed by atoms with E-state index in [4.69, 9.17) is 16.3 Å². The van der Waals surface area contributed by atoms with Crippen molar-refractivity contribution in [3.8, 4) is 11.5 Å². The zero-order valence-electron chi connectivity index (χ0n) is 15.6. The zero-order valence-corrected chi connectivity index (χ0v) is 16.4. The number of rotatable bonds is 4. The molecule has 3 nitrogen and oxygen atoms in total. The fourth-order valence-corrected chi connectivity index (χ4v) is 3.98. The summed E-state index contributed by atoms with van der Waals surface area (Å²) in [6.07, 6.45) is 0. The summed E-state index contributed by atoms with van der Waals surface area (Å²) in [6.45, 7) is 3.43.